The maximum Gasteiger partial charge on any atom is 0.407 e. The first-order valence-corrected chi connectivity index (χ1v) is 13.4. The van der Waals surface area contributed by atoms with Gasteiger partial charge in [-0.3, -0.25) is 9.59 Å². The molecule has 10 heteroatoms. The van der Waals surface area contributed by atoms with Gasteiger partial charge in [-0.25, -0.2) is 4.79 Å². The maximum atomic E-state index is 13.4. The van der Waals surface area contributed by atoms with Gasteiger partial charge in [0.05, 0.1) is 0 Å². The van der Waals surface area contributed by atoms with Crippen molar-refractivity contribution in [3.05, 3.63) is 71.8 Å². The quantitative estimate of drug-likeness (QED) is 0.171. The largest absolute Gasteiger partial charge is 0.481 e. The van der Waals surface area contributed by atoms with Crippen molar-refractivity contribution in [2.75, 3.05) is 6.54 Å². The Morgan fingerprint density at radius 2 is 1.61 bits per heavy atom. The fraction of sp³-hybridized carbons (Fsp3) is 0.464. The second-order valence-electron chi connectivity index (χ2n) is 10.1. The molecule has 0 aliphatic rings. The van der Waals surface area contributed by atoms with Crippen molar-refractivity contribution in [2.24, 2.45) is 5.92 Å². The van der Waals surface area contributed by atoms with Crippen LogP contribution >= 0.6 is 8.46 Å². The molecule has 0 saturated carbocycles. The van der Waals surface area contributed by atoms with Gasteiger partial charge in [-0.2, -0.15) is 0 Å². The van der Waals surface area contributed by atoms with Gasteiger partial charge in [-0.15, -0.1) is 0 Å². The fourth-order valence-corrected chi connectivity index (χ4v) is 4.61. The molecule has 0 saturated heterocycles. The van der Waals surface area contributed by atoms with Gasteiger partial charge in [0, 0.05) is 25.8 Å². The summed E-state index contributed by atoms with van der Waals surface area (Å²) in [4.78, 5) is 36.6. The predicted molar refractivity (Wildman–Crippen MR) is 143 cm³/mol. The summed E-state index contributed by atoms with van der Waals surface area (Å²) in [5.74, 6) is -3.34. The number of carboxylic acid groups (broad SMARTS) is 1. The number of carbonyl (C=O) groups is 3. The van der Waals surface area contributed by atoms with Crippen molar-refractivity contribution in [2.45, 2.75) is 69.9 Å². The van der Waals surface area contributed by atoms with E-state index < -0.39 is 55.9 Å². The van der Waals surface area contributed by atoms with Gasteiger partial charge in [0.15, 0.2) is 0 Å². The van der Waals surface area contributed by atoms with Crippen LogP contribution in [0.5, 0.6) is 0 Å². The summed E-state index contributed by atoms with van der Waals surface area (Å²) < 4.78 is 23.3. The van der Waals surface area contributed by atoms with Crippen molar-refractivity contribution >= 4 is 26.5 Å². The number of benzene rings is 2. The molecule has 0 bridgehead atoms. The number of ether oxygens (including phenoxy) is 2. The molecule has 1 amide bonds. The number of hydrogen-bond donors (Lipinski definition) is 3. The summed E-state index contributed by atoms with van der Waals surface area (Å²) in [5, 5.41) is 21.0. The average Bonchev–Trinajstić information content (AvgIpc) is 2.86. The Morgan fingerprint density at radius 1 is 1.00 bits per heavy atom. The highest BCUT2D eigenvalue weighted by Gasteiger charge is 2.50. The highest BCUT2D eigenvalue weighted by molar-refractivity contribution is 7.25. The number of carbonyl (C=O) groups excluding carboxylic acids is 2. The Balaban J connectivity index is 2.19. The van der Waals surface area contributed by atoms with Crippen LogP contribution in [-0.4, -0.2) is 45.7 Å². The van der Waals surface area contributed by atoms with Gasteiger partial charge >= 0.3 is 26.5 Å². The molecule has 0 aromatic heterocycles. The zero-order chi connectivity index (χ0) is 28.2. The van der Waals surface area contributed by atoms with Crippen LogP contribution in [0.1, 0.15) is 63.7 Å². The molecule has 9 nitrogen and oxygen atoms in total. The predicted octanol–water partition coefficient (Wildman–Crippen LogP) is 5.01. The zero-order valence-corrected chi connectivity index (χ0v) is 23.0. The number of aliphatic carboxylic acids is 1. The number of carboxylic acids is 1. The minimum atomic E-state index is -2.03. The Kier molecular flexibility index (Phi) is 11.9. The summed E-state index contributed by atoms with van der Waals surface area (Å²) >= 11 is 0. The number of hydrogen-bond acceptors (Lipinski definition) is 7. The highest BCUT2D eigenvalue weighted by atomic mass is 31.1. The molecule has 0 radical (unpaired) electrons. The number of aliphatic hydroxyl groups is 1. The van der Waals surface area contributed by atoms with Gasteiger partial charge in [0.1, 0.15) is 17.6 Å². The molecule has 0 heterocycles. The molecule has 38 heavy (non-hydrogen) atoms. The number of alkyl carbamates (subject to hydrolysis) is 1. The van der Waals surface area contributed by atoms with Gasteiger partial charge < -0.3 is 25.0 Å². The van der Waals surface area contributed by atoms with E-state index in [-0.39, 0.29) is 25.8 Å². The van der Waals surface area contributed by atoms with Gasteiger partial charge in [0.25, 0.3) is 5.34 Å². The average molecular weight is 547 g/mol. The second-order valence-corrected chi connectivity index (χ2v) is 11.1. The van der Waals surface area contributed by atoms with Gasteiger partial charge in [-0.05, 0) is 44.7 Å². The lowest BCUT2D eigenvalue weighted by atomic mass is 9.92. The van der Waals surface area contributed by atoms with E-state index in [4.69, 9.17) is 9.47 Å². The molecule has 2 aromatic rings. The van der Waals surface area contributed by atoms with Crippen molar-refractivity contribution in [1.82, 2.24) is 5.32 Å². The summed E-state index contributed by atoms with van der Waals surface area (Å²) in [6, 6.07) is 18.5. The third kappa shape index (κ3) is 10.6. The molecule has 0 aliphatic carbocycles. The van der Waals surface area contributed by atoms with Crippen LogP contribution in [0.25, 0.3) is 0 Å². The third-order valence-corrected chi connectivity index (χ3v) is 6.73. The molecule has 2 aromatic carbocycles. The van der Waals surface area contributed by atoms with Crippen molar-refractivity contribution in [3.63, 3.8) is 0 Å². The van der Waals surface area contributed by atoms with E-state index in [0.29, 0.717) is 6.42 Å². The minimum Gasteiger partial charge on any atom is -0.481 e. The number of rotatable bonds is 14. The van der Waals surface area contributed by atoms with Crippen LogP contribution < -0.4 is 5.32 Å². The van der Waals surface area contributed by atoms with Crippen molar-refractivity contribution < 1.29 is 38.6 Å². The second kappa shape index (κ2) is 14.6. The lowest BCUT2D eigenvalue weighted by Crippen LogP contribution is -2.40. The summed E-state index contributed by atoms with van der Waals surface area (Å²) in [5.41, 5.74) is 0.976. The molecular formula is C28H37NO8P+. The van der Waals surface area contributed by atoms with E-state index >= 15 is 0 Å². The maximum absolute atomic E-state index is 13.4. The lowest BCUT2D eigenvalue weighted by Gasteiger charge is -2.27. The van der Waals surface area contributed by atoms with Crippen LogP contribution in [0.4, 0.5) is 4.79 Å². The first kappa shape index (κ1) is 30.9. The van der Waals surface area contributed by atoms with E-state index in [1.165, 1.54) is 0 Å². The normalized spacial score (nSPS) is 14.6. The van der Waals surface area contributed by atoms with Crippen molar-refractivity contribution in [1.29, 1.82) is 0 Å². The zero-order valence-electron chi connectivity index (χ0n) is 22.0. The number of nitrogens with one attached hydrogen (secondary N) is 1. The molecule has 2 rings (SSSR count). The first-order valence-electron chi connectivity index (χ1n) is 12.5. The Morgan fingerprint density at radius 3 is 2.16 bits per heavy atom. The molecule has 0 fully saturated rings. The monoisotopic (exact) mass is 546 g/mol. The van der Waals surface area contributed by atoms with Crippen molar-refractivity contribution in [3.8, 4) is 0 Å². The SMILES string of the molecule is CC(C)(C)OC(=O)NCCCC(O)([PH+]=O)C(CCC(=O)O)C(=O)OC(Cc1ccccc1)c1ccccc1. The number of esters is 1. The summed E-state index contributed by atoms with van der Waals surface area (Å²) in [7, 11) is -1.32. The topological polar surface area (TPSA) is 139 Å². The molecule has 0 spiro atoms. The third-order valence-electron chi connectivity index (χ3n) is 5.78. The van der Waals surface area contributed by atoms with Gasteiger partial charge in [-0.1, -0.05) is 65.2 Å². The summed E-state index contributed by atoms with van der Waals surface area (Å²) in [6.45, 7) is 5.28. The molecule has 0 aliphatic heterocycles. The first-order chi connectivity index (χ1) is 17.9. The fourth-order valence-electron chi connectivity index (χ4n) is 3.92. The molecule has 4 atom stereocenters. The van der Waals surface area contributed by atoms with E-state index in [1.807, 2.05) is 60.7 Å². The summed E-state index contributed by atoms with van der Waals surface area (Å²) in [6.07, 6.45) is -1.61. The van der Waals surface area contributed by atoms with E-state index in [0.717, 1.165) is 11.1 Å². The molecular weight excluding hydrogens is 509 g/mol. The molecule has 206 valence electrons. The Labute approximate surface area is 224 Å². The Hall–Kier alpha value is -3.29. The van der Waals surface area contributed by atoms with Gasteiger partial charge in [0.2, 0.25) is 0 Å². The Bertz CT molecular complexity index is 1060. The van der Waals surface area contributed by atoms with Crippen LogP contribution in [0.2, 0.25) is 0 Å². The molecule has 4 unspecified atom stereocenters. The minimum absolute atomic E-state index is 0.100. The number of amides is 1. The van der Waals surface area contributed by atoms with Crippen LogP contribution in [0.3, 0.4) is 0 Å². The lowest BCUT2D eigenvalue weighted by molar-refractivity contribution is -0.161. The highest BCUT2D eigenvalue weighted by Crippen LogP contribution is 2.38. The standard InChI is InChI=1S/C28H36NO8P/c1-27(2,3)37-26(33)29-18-10-17-28(34,38-35)22(15-16-24(30)31)25(32)36-23(21-13-8-5-9-14-21)19-20-11-6-4-7-12-20/h4-9,11-14,22-23,34H,10,15-19H2,1-3H3,(H,29,33)(H,30,31)/p+1. The van der Waals surface area contributed by atoms with E-state index in [9.17, 15) is 29.2 Å². The van der Waals surface area contributed by atoms with Crippen LogP contribution in [0, 0.1) is 5.92 Å². The van der Waals surface area contributed by atoms with E-state index in [1.54, 1.807) is 20.8 Å². The van der Waals surface area contributed by atoms with Crippen LogP contribution in [0.15, 0.2) is 60.7 Å². The van der Waals surface area contributed by atoms with Crippen LogP contribution in [-0.2, 0) is 30.0 Å². The molecule has 3 N–H and O–H groups in total. The smallest absolute Gasteiger partial charge is 0.407 e. The van der Waals surface area contributed by atoms with E-state index in [2.05, 4.69) is 5.32 Å².